The van der Waals surface area contributed by atoms with E-state index in [1.54, 1.807) is 0 Å². The highest BCUT2D eigenvalue weighted by atomic mass is 16.3. The molecule has 0 spiro atoms. The lowest BCUT2D eigenvalue weighted by Gasteiger charge is -2.32. The van der Waals surface area contributed by atoms with E-state index in [9.17, 15) is 9.90 Å². The summed E-state index contributed by atoms with van der Waals surface area (Å²) in [7, 11) is 0. The zero-order valence-corrected chi connectivity index (χ0v) is 13.2. The van der Waals surface area contributed by atoms with Crippen molar-refractivity contribution in [2.24, 2.45) is 5.92 Å². The van der Waals surface area contributed by atoms with Crippen LogP contribution in [0.5, 0.6) is 0 Å². The van der Waals surface area contributed by atoms with Crippen molar-refractivity contribution in [1.82, 2.24) is 4.90 Å². The van der Waals surface area contributed by atoms with Crippen LogP contribution in [-0.4, -0.2) is 28.0 Å². The molecule has 1 aromatic rings. The summed E-state index contributed by atoms with van der Waals surface area (Å²) in [6, 6.07) is 9.89. The van der Waals surface area contributed by atoms with Crippen molar-refractivity contribution < 1.29 is 9.90 Å². The Kier molecular flexibility index (Phi) is 6.21. The van der Waals surface area contributed by atoms with E-state index in [1.165, 1.54) is 0 Å². The molecule has 1 rings (SSSR count). The van der Waals surface area contributed by atoms with Gasteiger partial charge in [0.15, 0.2) is 0 Å². The van der Waals surface area contributed by atoms with Crippen LogP contribution >= 0.6 is 0 Å². The van der Waals surface area contributed by atoms with Crippen molar-refractivity contribution >= 4 is 5.91 Å². The zero-order chi connectivity index (χ0) is 15.3. The molecule has 0 aromatic heterocycles. The van der Waals surface area contributed by atoms with E-state index in [2.05, 4.69) is 0 Å². The summed E-state index contributed by atoms with van der Waals surface area (Å²) in [6.07, 6.45) is -0.229. The second kappa shape index (κ2) is 7.44. The van der Waals surface area contributed by atoms with Crippen molar-refractivity contribution in [2.45, 2.75) is 59.2 Å². The highest BCUT2D eigenvalue weighted by Crippen LogP contribution is 2.25. The number of rotatable bonds is 6. The lowest BCUT2D eigenvalue weighted by molar-refractivity contribution is -0.136. The number of aliphatic hydroxyl groups excluding tert-OH is 1. The van der Waals surface area contributed by atoms with Crippen LogP contribution in [0.15, 0.2) is 30.3 Å². The fraction of sp³-hybridized carbons (Fsp3) is 0.588. The monoisotopic (exact) mass is 277 g/mol. The average Bonchev–Trinajstić information content (AvgIpc) is 2.37. The van der Waals surface area contributed by atoms with Crippen LogP contribution in [0.3, 0.4) is 0 Å². The molecule has 0 radical (unpaired) electrons. The molecule has 1 N–H and O–H groups in total. The Labute approximate surface area is 122 Å². The number of aliphatic hydroxyl groups is 1. The predicted octanol–water partition coefficient (Wildman–Crippen LogP) is 3.39. The molecule has 0 saturated carbocycles. The number of benzene rings is 1. The molecule has 1 aromatic carbocycles. The van der Waals surface area contributed by atoms with Crippen LogP contribution in [0, 0.1) is 5.92 Å². The summed E-state index contributed by atoms with van der Waals surface area (Å²) < 4.78 is 0. The SMILES string of the molecule is CC(C)N(C(=O)C[C@@H](C)[C@@H](O)c1ccccc1)C(C)C. The molecule has 0 bridgehead atoms. The van der Waals surface area contributed by atoms with E-state index in [0.717, 1.165) is 5.56 Å². The van der Waals surface area contributed by atoms with Gasteiger partial charge in [-0.25, -0.2) is 0 Å². The second-order valence-corrected chi connectivity index (χ2v) is 6.03. The topological polar surface area (TPSA) is 40.5 Å². The van der Waals surface area contributed by atoms with E-state index in [0.29, 0.717) is 6.42 Å². The first-order valence-corrected chi connectivity index (χ1v) is 7.38. The van der Waals surface area contributed by atoms with Gasteiger partial charge < -0.3 is 10.0 Å². The maximum atomic E-state index is 12.4. The summed E-state index contributed by atoms with van der Waals surface area (Å²) in [5.41, 5.74) is 0.869. The Balaban J connectivity index is 2.70. The smallest absolute Gasteiger partial charge is 0.223 e. The molecule has 0 aliphatic heterocycles. The lowest BCUT2D eigenvalue weighted by Crippen LogP contribution is -2.42. The molecule has 3 nitrogen and oxygen atoms in total. The summed E-state index contributed by atoms with van der Waals surface area (Å²) in [5, 5.41) is 10.3. The normalized spacial score (nSPS) is 14.4. The second-order valence-electron chi connectivity index (χ2n) is 6.03. The molecular weight excluding hydrogens is 250 g/mol. The van der Waals surface area contributed by atoms with Crippen LogP contribution in [-0.2, 0) is 4.79 Å². The molecule has 0 fully saturated rings. The maximum Gasteiger partial charge on any atom is 0.223 e. The van der Waals surface area contributed by atoms with Gasteiger partial charge in [0, 0.05) is 18.5 Å². The minimum Gasteiger partial charge on any atom is -0.388 e. The highest BCUT2D eigenvalue weighted by molar-refractivity contribution is 5.77. The Morgan fingerprint density at radius 2 is 1.55 bits per heavy atom. The number of nitrogens with zero attached hydrogens (tertiary/aromatic N) is 1. The molecule has 0 heterocycles. The number of hydrogen-bond donors (Lipinski definition) is 1. The first-order chi connectivity index (χ1) is 9.34. The summed E-state index contributed by atoms with van der Waals surface area (Å²) in [4.78, 5) is 14.3. The molecular formula is C17H27NO2. The van der Waals surface area contributed by atoms with Gasteiger partial charge in [-0.2, -0.15) is 0 Å². The quantitative estimate of drug-likeness (QED) is 0.866. The van der Waals surface area contributed by atoms with Crippen LogP contribution in [0.25, 0.3) is 0 Å². The van der Waals surface area contributed by atoms with Gasteiger partial charge in [0.05, 0.1) is 6.10 Å². The average molecular weight is 277 g/mol. The Hall–Kier alpha value is -1.35. The number of carbonyl (C=O) groups excluding carboxylic acids is 1. The number of hydrogen-bond acceptors (Lipinski definition) is 2. The third-order valence-corrected chi connectivity index (χ3v) is 3.58. The molecule has 0 unspecified atom stereocenters. The molecule has 20 heavy (non-hydrogen) atoms. The van der Waals surface area contributed by atoms with E-state index >= 15 is 0 Å². The van der Waals surface area contributed by atoms with Crippen molar-refractivity contribution in [3.8, 4) is 0 Å². The standard InChI is InChI=1S/C17H27NO2/c1-12(2)18(13(3)4)16(19)11-14(5)17(20)15-9-7-6-8-10-15/h6-10,12-14,17,20H,11H2,1-5H3/t14-,17-/m1/s1. The fourth-order valence-electron chi connectivity index (χ4n) is 2.64. The van der Waals surface area contributed by atoms with Gasteiger partial charge in [-0.1, -0.05) is 37.3 Å². The molecule has 0 aliphatic carbocycles. The lowest BCUT2D eigenvalue weighted by atomic mass is 9.94. The number of carbonyl (C=O) groups is 1. The van der Waals surface area contributed by atoms with Gasteiger partial charge in [0.2, 0.25) is 5.91 Å². The molecule has 2 atom stereocenters. The van der Waals surface area contributed by atoms with E-state index in [1.807, 2.05) is 69.9 Å². The Bertz CT molecular complexity index is 406. The highest BCUT2D eigenvalue weighted by Gasteiger charge is 2.25. The zero-order valence-electron chi connectivity index (χ0n) is 13.2. The summed E-state index contributed by atoms with van der Waals surface area (Å²) in [6.45, 7) is 10.0. The summed E-state index contributed by atoms with van der Waals surface area (Å²) in [5.74, 6) is 0.0161. The van der Waals surface area contributed by atoms with Gasteiger partial charge >= 0.3 is 0 Å². The van der Waals surface area contributed by atoms with Crippen molar-refractivity contribution in [1.29, 1.82) is 0 Å². The van der Waals surface area contributed by atoms with Gasteiger partial charge in [-0.15, -0.1) is 0 Å². The molecule has 0 aliphatic rings. The third-order valence-electron chi connectivity index (χ3n) is 3.58. The van der Waals surface area contributed by atoms with E-state index in [4.69, 9.17) is 0 Å². The van der Waals surface area contributed by atoms with Gasteiger partial charge in [-0.05, 0) is 39.2 Å². The van der Waals surface area contributed by atoms with Crippen LogP contribution < -0.4 is 0 Å². The first-order valence-electron chi connectivity index (χ1n) is 7.38. The van der Waals surface area contributed by atoms with Crippen LogP contribution in [0.2, 0.25) is 0 Å². The van der Waals surface area contributed by atoms with Gasteiger partial charge in [-0.3, -0.25) is 4.79 Å². The molecule has 0 saturated heterocycles. The molecule has 3 heteroatoms. The Morgan fingerprint density at radius 3 is 2.00 bits per heavy atom. The van der Waals surface area contributed by atoms with Crippen molar-refractivity contribution in [3.05, 3.63) is 35.9 Å². The summed E-state index contributed by atoms with van der Waals surface area (Å²) >= 11 is 0. The van der Waals surface area contributed by atoms with Crippen molar-refractivity contribution in [3.63, 3.8) is 0 Å². The first kappa shape index (κ1) is 16.7. The van der Waals surface area contributed by atoms with Crippen molar-refractivity contribution in [2.75, 3.05) is 0 Å². The number of amides is 1. The van der Waals surface area contributed by atoms with Crippen LogP contribution in [0.1, 0.15) is 52.7 Å². The molecule has 1 amide bonds. The fourth-order valence-corrected chi connectivity index (χ4v) is 2.64. The Morgan fingerprint density at radius 1 is 1.05 bits per heavy atom. The van der Waals surface area contributed by atoms with Crippen LogP contribution in [0.4, 0.5) is 0 Å². The maximum absolute atomic E-state index is 12.4. The molecule has 112 valence electrons. The largest absolute Gasteiger partial charge is 0.388 e. The van der Waals surface area contributed by atoms with Gasteiger partial charge in [0.1, 0.15) is 0 Å². The van der Waals surface area contributed by atoms with E-state index < -0.39 is 6.10 Å². The minimum absolute atomic E-state index is 0.0927. The minimum atomic E-state index is -0.596. The predicted molar refractivity (Wildman–Crippen MR) is 82.3 cm³/mol. The third kappa shape index (κ3) is 4.34. The van der Waals surface area contributed by atoms with Gasteiger partial charge in [0.25, 0.3) is 0 Å². The van der Waals surface area contributed by atoms with E-state index in [-0.39, 0.29) is 23.9 Å².